The molecule has 5 heteroatoms. The van der Waals surface area contributed by atoms with E-state index in [2.05, 4.69) is 33.8 Å². The molecule has 120 valence electrons. The monoisotopic (exact) mass is 327 g/mol. The highest BCUT2D eigenvalue weighted by atomic mass is 32.1. The molecule has 4 rings (SSSR count). The topological polar surface area (TPSA) is 54.0 Å². The number of carbonyl (C=O) groups excluding carboxylic acids is 1. The number of amides is 1. The molecule has 2 aromatic rings. The molecule has 2 aliphatic carbocycles. The molecule has 1 saturated carbocycles. The van der Waals surface area contributed by atoms with Crippen LogP contribution >= 0.6 is 11.3 Å². The Labute approximate surface area is 140 Å². The van der Waals surface area contributed by atoms with Crippen molar-refractivity contribution in [3.8, 4) is 11.3 Å². The first-order valence-electron chi connectivity index (χ1n) is 8.36. The highest BCUT2D eigenvalue weighted by molar-refractivity contribution is 7.14. The van der Waals surface area contributed by atoms with Crippen molar-refractivity contribution in [1.82, 2.24) is 10.3 Å². The second-order valence-corrected chi connectivity index (χ2v) is 7.36. The van der Waals surface area contributed by atoms with Gasteiger partial charge in [0.05, 0.1) is 12.2 Å². The van der Waals surface area contributed by atoms with Crippen LogP contribution in [0.4, 0.5) is 5.13 Å². The standard InChI is InChI=1S/C18H21N3OS/c22-17(10-19-9-12-4-5-12)21-18-20-16(11-23-18)15-7-6-13-2-1-3-14(13)8-15/h6-8,11-12,19H,1-5,9-10H2,(H,20,21,22). The first kappa shape index (κ1) is 14.8. The van der Waals surface area contributed by atoms with E-state index in [-0.39, 0.29) is 5.91 Å². The molecule has 1 heterocycles. The second kappa shape index (κ2) is 6.42. The first-order valence-corrected chi connectivity index (χ1v) is 9.24. The molecule has 2 N–H and O–H groups in total. The number of thiazole rings is 1. The summed E-state index contributed by atoms with van der Waals surface area (Å²) >= 11 is 1.49. The summed E-state index contributed by atoms with van der Waals surface area (Å²) in [6.07, 6.45) is 6.22. The minimum atomic E-state index is -0.0134. The molecule has 0 bridgehead atoms. The van der Waals surface area contributed by atoms with E-state index in [1.807, 2.05) is 5.38 Å². The number of hydrogen-bond donors (Lipinski definition) is 2. The first-order chi connectivity index (χ1) is 11.3. The molecular weight excluding hydrogens is 306 g/mol. The van der Waals surface area contributed by atoms with Crippen LogP contribution in [0.25, 0.3) is 11.3 Å². The zero-order valence-corrected chi connectivity index (χ0v) is 13.9. The molecule has 1 aromatic carbocycles. The summed E-state index contributed by atoms with van der Waals surface area (Å²) in [7, 11) is 0. The van der Waals surface area contributed by atoms with E-state index in [1.165, 1.54) is 54.6 Å². The maximum atomic E-state index is 11.9. The lowest BCUT2D eigenvalue weighted by Crippen LogP contribution is -2.29. The van der Waals surface area contributed by atoms with Gasteiger partial charge in [-0.2, -0.15) is 0 Å². The molecule has 0 aliphatic heterocycles. The van der Waals surface area contributed by atoms with Gasteiger partial charge in [0.25, 0.3) is 0 Å². The maximum Gasteiger partial charge on any atom is 0.240 e. The molecule has 0 unspecified atom stereocenters. The van der Waals surface area contributed by atoms with E-state index >= 15 is 0 Å². The number of hydrogen-bond acceptors (Lipinski definition) is 4. The van der Waals surface area contributed by atoms with Gasteiger partial charge < -0.3 is 10.6 Å². The van der Waals surface area contributed by atoms with Crippen LogP contribution in [0.2, 0.25) is 0 Å². The van der Waals surface area contributed by atoms with E-state index < -0.39 is 0 Å². The molecule has 0 atom stereocenters. The number of anilines is 1. The van der Waals surface area contributed by atoms with Crippen LogP contribution in [-0.2, 0) is 17.6 Å². The fraction of sp³-hybridized carbons (Fsp3) is 0.444. The summed E-state index contributed by atoms with van der Waals surface area (Å²) in [6, 6.07) is 6.61. The average molecular weight is 327 g/mol. The van der Waals surface area contributed by atoms with Crippen molar-refractivity contribution in [3.05, 3.63) is 34.7 Å². The summed E-state index contributed by atoms with van der Waals surface area (Å²) in [6.45, 7) is 1.32. The Balaban J connectivity index is 1.37. The van der Waals surface area contributed by atoms with Gasteiger partial charge in [-0.15, -0.1) is 11.3 Å². The number of nitrogens with one attached hydrogen (secondary N) is 2. The van der Waals surface area contributed by atoms with Crippen LogP contribution in [0.1, 0.15) is 30.4 Å². The third-order valence-corrected chi connectivity index (χ3v) is 5.32. The Bertz CT molecular complexity index is 721. The van der Waals surface area contributed by atoms with Gasteiger partial charge in [0, 0.05) is 10.9 Å². The molecule has 0 spiro atoms. The number of nitrogens with zero attached hydrogens (tertiary/aromatic N) is 1. The van der Waals surface area contributed by atoms with Gasteiger partial charge in [-0.25, -0.2) is 4.98 Å². The van der Waals surface area contributed by atoms with Crippen LogP contribution in [0.15, 0.2) is 23.6 Å². The molecule has 0 saturated heterocycles. The fourth-order valence-electron chi connectivity index (χ4n) is 3.07. The molecule has 4 nitrogen and oxygen atoms in total. The Morgan fingerprint density at radius 2 is 2.13 bits per heavy atom. The van der Waals surface area contributed by atoms with Crippen molar-refractivity contribution in [2.45, 2.75) is 32.1 Å². The van der Waals surface area contributed by atoms with Crippen molar-refractivity contribution in [1.29, 1.82) is 0 Å². The number of aryl methyl sites for hydroxylation is 2. The van der Waals surface area contributed by atoms with Gasteiger partial charge in [0.2, 0.25) is 5.91 Å². The lowest BCUT2D eigenvalue weighted by atomic mass is 10.1. The summed E-state index contributed by atoms with van der Waals surface area (Å²) < 4.78 is 0. The summed E-state index contributed by atoms with van der Waals surface area (Å²) in [5.74, 6) is 0.773. The van der Waals surface area contributed by atoms with Gasteiger partial charge in [0.15, 0.2) is 5.13 Å². The van der Waals surface area contributed by atoms with E-state index in [9.17, 15) is 4.79 Å². The van der Waals surface area contributed by atoms with Gasteiger partial charge in [-0.1, -0.05) is 12.1 Å². The Morgan fingerprint density at radius 1 is 1.26 bits per heavy atom. The normalized spacial score (nSPS) is 16.3. The predicted octanol–water partition coefficient (Wildman–Crippen LogP) is 3.24. The minimum Gasteiger partial charge on any atom is -0.308 e. The minimum absolute atomic E-state index is 0.0134. The number of aromatic nitrogens is 1. The smallest absolute Gasteiger partial charge is 0.240 e. The van der Waals surface area contributed by atoms with Crippen LogP contribution in [-0.4, -0.2) is 24.0 Å². The van der Waals surface area contributed by atoms with Crippen molar-refractivity contribution < 1.29 is 4.79 Å². The third-order valence-electron chi connectivity index (χ3n) is 4.56. The highest BCUT2D eigenvalue weighted by Gasteiger charge is 2.20. The summed E-state index contributed by atoms with van der Waals surface area (Å²) in [5.41, 5.74) is 5.02. The summed E-state index contributed by atoms with van der Waals surface area (Å²) in [5, 5.41) is 8.78. The van der Waals surface area contributed by atoms with Crippen molar-refractivity contribution >= 4 is 22.4 Å². The molecule has 1 fully saturated rings. The van der Waals surface area contributed by atoms with Crippen LogP contribution < -0.4 is 10.6 Å². The zero-order valence-electron chi connectivity index (χ0n) is 13.1. The molecular formula is C18H21N3OS. The largest absolute Gasteiger partial charge is 0.308 e. The number of rotatable bonds is 6. The van der Waals surface area contributed by atoms with Crippen molar-refractivity contribution in [2.75, 3.05) is 18.4 Å². The van der Waals surface area contributed by atoms with Gasteiger partial charge in [-0.05, 0) is 61.8 Å². The van der Waals surface area contributed by atoms with Crippen molar-refractivity contribution in [3.63, 3.8) is 0 Å². The molecule has 23 heavy (non-hydrogen) atoms. The van der Waals surface area contributed by atoms with E-state index in [0.29, 0.717) is 11.7 Å². The van der Waals surface area contributed by atoms with Gasteiger partial charge in [0.1, 0.15) is 0 Å². The van der Waals surface area contributed by atoms with E-state index in [4.69, 9.17) is 0 Å². The lowest BCUT2D eigenvalue weighted by Gasteiger charge is -2.04. The highest BCUT2D eigenvalue weighted by Crippen LogP contribution is 2.30. The molecule has 1 aromatic heterocycles. The lowest BCUT2D eigenvalue weighted by molar-refractivity contribution is -0.115. The van der Waals surface area contributed by atoms with Gasteiger partial charge in [-0.3, -0.25) is 4.79 Å². The van der Waals surface area contributed by atoms with Crippen LogP contribution in [0.5, 0.6) is 0 Å². The third kappa shape index (κ3) is 3.62. The Morgan fingerprint density at radius 3 is 3.00 bits per heavy atom. The number of fused-ring (bicyclic) bond motifs is 1. The van der Waals surface area contributed by atoms with E-state index in [1.54, 1.807) is 0 Å². The Hall–Kier alpha value is -1.72. The van der Waals surface area contributed by atoms with E-state index in [0.717, 1.165) is 23.7 Å². The fourth-order valence-corrected chi connectivity index (χ4v) is 3.81. The Kier molecular flexibility index (Phi) is 4.14. The van der Waals surface area contributed by atoms with Crippen LogP contribution in [0.3, 0.4) is 0 Å². The average Bonchev–Trinajstić information content (AvgIpc) is 3.07. The molecule has 1 amide bonds. The molecule has 2 aliphatic rings. The zero-order chi connectivity index (χ0) is 15.6. The SMILES string of the molecule is O=C(CNCC1CC1)Nc1nc(-c2ccc3c(c2)CCC3)cs1. The predicted molar refractivity (Wildman–Crippen MR) is 93.8 cm³/mol. The second-order valence-electron chi connectivity index (χ2n) is 6.50. The maximum absolute atomic E-state index is 11.9. The number of benzene rings is 1. The molecule has 0 radical (unpaired) electrons. The van der Waals surface area contributed by atoms with Crippen LogP contribution in [0, 0.1) is 5.92 Å². The van der Waals surface area contributed by atoms with Gasteiger partial charge >= 0.3 is 0 Å². The van der Waals surface area contributed by atoms with Crippen molar-refractivity contribution in [2.24, 2.45) is 5.92 Å². The number of carbonyl (C=O) groups is 1. The summed E-state index contributed by atoms with van der Waals surface area (Å²) in [4.78, 5) is 16.5. The quantitative estimate of drug-likeness (QED) is 0.856.